The fraction of sp³-hybridized carbons (Fsp3) is 0.615. The Hall–Kier alpha value is -3.03. The van der Waals surface area contributed by atoms with Crippen LogP contribution in [0.25, 0.3) is 10.9 Å². The maximum absolute atomic E-state index is 12.9. The number of methoxy groups -OCH3 is 1. The van der Waals surface area contributed by atoms with Gasteiger partial charge in [-0.1, -0.05) is 26.8 Å². The summed E-state index contributed by atoms with van der Waals surface area (Å²) in [5, 5.41) is 4.14. The average molecular weight is 627 g/mol. The molecule has 1 spiro atoms. The second kappa shape index (κ2) is 11.3. The third kappa shape index (κ3) is 4.87. The number of rotatable bonds is 5. The minimum atomic E-state index is -0.409. The first-order valence-electron chi connectivity index (χ1n) is 17.7. The fourth-order valence-corrected chi connectivity index (χ4v) is 10.8. The van der Waals surface area contributed by atoms with Crippen molar-refractivity contribution in [2.75, 3.05) is 13.7 Å². The molecular weight excluding hydrogens is 576 g/mol. The zero-order valence-corrected chi connectivity index (χ0v) is 28.1. The average Bonchev–Trinajstić information content (AvgIpc) is 3.66. The number of amides is 1. The first kappa shape index (κ1) is 30.3. The molecule has 0 radical (unpaired) electrons. The van der Waals surface area contributed by atoms with Gasteiger partial charge in [-0.15, -0.1) is 0 Å². The molecule has 2 N–H and O–H groups in total. The number of H-pyrrole nitrogens is 1. The molecule has 8 rings (SSSR count). The summed E-state index contributed by atoms with van der Waals surface area (Å²) in [5.41, 5.74) is 5.33. The number of carbonyl (C=O) groups is 1. The number of hydrogen-bond acceptors (Lipinski definition) is 5. The molecule has 7 heteroatoms. The molecule has 1 amide bonds. The highest BCUT2D eigenvalue weighted by Gasteiger charge is 2.67. The van der Waals surface area contributed by atoms with Crippen LogP contribution < -0.4 is 14.8 Å². The van der Waals surface area contributed by atoms with Gasteiger partial charge >= 0.3 is 6.09 Å². The molecule has 4 fully saturated rings. The van der Waals surface area contributed by atoms with Crippen LogP contribution >= 0.6 is 0 Å². The SMILES string of the molecule is COc1ccc2[nH]cc(CC(C)NC(=O)Oc3ccc4c(c3)CC[C@@H]3[C@@H]4CC[C@]4(C)[C@@H]5[C@H](C[C@@H]34)O[C@]3(CC[C@@H](C)CO3)[C@H]5C)c2c1. The van der Waals surface area contributed by atoms with Crippen molar-refractivity contribution >= 4 is 17.0 Å². The van der Waals surface area contributed by atoms with Gasteiger partial charge in [-0.2, -0.15) is 0 Å². The Balaban J connectivity index is 0.914. The lowest BCUT2D eigenvalue weighted by Crippen LogP contribution is -2.48. The highest BCUT2D eigenvalue weighted by molar-refractivity contribution is 5.84. The van der Waals surface area contributed by atoms with Crippen molar-refractivity contribution in [1.29, 1.82) is 0 Å². The summed E-state index contributed by atoms with van der Waals surface area (Å²) in [4.78, 5) is 16.3. The summed E-state index contributed by atoms with van der Waals surface area (Å²) in [7, 11) is 1.68. The Morgan fingerprint density at radius 1 is 1.11 bits per heavy atom. The number of ether oxygens (including phenoxy) is 4. The van der Waals surface area contributed by atoms with Crippen molar-refractivity contribution in [1.82, 2.24) is 10.3 Å². The molecule has 1 unspecified atom stereocenters. The fourth-order valence-electron chi connectivity index (χ4n) is 10.8. The van der Waals surface area contributed by atoms with Crippen LogP contribution in [0.2, 0.25) is 0 Å². The molecule has 3 heterocycles. The van der Waals surface area contributed by atoms with E-state index in [0.717, 1.165) is 41.7 Å². The second-order valence-corrected chi connectivity index (χ2v) is 15.7. The lowest BCUT2D eigenvalue weighted by atomic mass is 9.53. The van der Waals surface area contributed by atoms with Crippen molar-refractivity contribution < 1.29 is 23.7 Å². The number of benzene rings is 2. The number of hydrogen-bond donors (Lipinski definition) is 2. The zero-order chi connectivity index (χ0) is 31.8. The van der Waals surface area contributed by atoms with Crippen LogP contribution in [0.5, 0.6) is 11.5 Å². The second-order valence-electron chi connectivity index (χ2n) is 15.7. The Morgan fingerprint density at radius 3 is 2.76 bits per heavy atom. The highest BCUT2D eigenvalue weighted by atomic mass is 16.7. The number of aromatic amines is 1. The largest absolute Gasteiger partial charge is 0.497 e. The van der Waals surface area contributed by atoms with Gasteiger partial charge in [0.25, 0.3) is 0 Å². The number of aromatic nitrogens is 1. The molecule has 2 saturated heterocycles. The van der Waals surface area contributed by atoms with E-state index in [1.165, 1.54) is 43.2 Å². The van der Waals surface area contributed by atoms with E-state index in [4.69, 9.17) is 18.9 Å². The summed E-state index contributed by atoms with van der Waals surface area (Å²) in [6.07, 6.45) is 10.8. The third-order valence-corrected chi connectivity index (χ3v) is 13.0. The highest BCUT2D eigenvalue weighted by Crippen LogP contribution is 2.69. The van der Waals surface area contributed by atoms with Crippen LogP contribution in [-0.2, 0) is 22.3 Å². The molecule has 2 saturated carbocycles. The van der Waals surface area contributed by atoms with Crippen LogP contribution in [0.1, 0.15) is 88.8 Å². The van der Waals surface area contributed by atoms with Gasteiger partial charge in [-0.3, -0.25) is 0 Å². The molecule has 5 aliphatic rings. The molecule has 2 aliphatic heterocycles. The lowest BCUT2D eigenvalue weighted by Gasteiger charge is -2.52. The van der Waals surface area contributed by atoms with Gasteiger partial charge in [0.2, 0.25) is 0 Å². The zero-order valence-electron chi connectivity index (χ0n) is 28.1. The van der Waals surface area contributed by atoms with Gasteiger partial charge in [-0.25, -0.2) is 4.79 Å². The molecular formula is C39H50N2O5. The predicted octanol–water partition coefficient (Wildman–Crippen LogP) is 8.16. The summed E-state index contributed by atoms with van der Waals surface area (Å²) < 4.78 is 24.7. The molecule has 1 aromatic heterocycles. The molecule has 246 valence electrons. The van der Waals surface area contributed by atoms with Crippen LogP contribution in [-0.4, -0.2) is 42.7 Å². The minimum absolute atomic E-state index is 0.0895. The van der Waals surface area contributed by atoms with E-state index in [9.17, 15) is 4.79 Å². The Labute approximate surface area is 273 Å². The number of fused-ring (bicyclic) bond motifs is 8. The van der Waals surface area contributed by atoms with E-state index in [1.54, 1.807) is 7.11 Å². The third-order valence-electron chi connectivity index (χ3n) is 13.0. The first-order valence-corrected chi connectivity index (χ1v) is 17.7. The van der Waals surface area contributed by atoms with Crippen molar-refractivity contribution in [3.63, 3.8) is 0 Å². The van der Waals surface area contributed by atoms with Gasteiger partial charge in [0, 0.05) is 35.5 Å². The molecule has 3 aliphatic carbocycles. The van der Waals surface area contributed by atoms with Gasteiger partial charge < -0.3 is 29.2 Å². The van der Waals surface area contributed by atoms with Crippen LogP contribution in [0.15, 0.2) is 42.6 Å². The van der Waals surface area contributed by atoms with Crippen molar-refractivity contribution in [2.24, 2.45) is 35.0 Å². The molecule has 10 atom stereocenters. The van der Waals surface area contributed by atoms with Crippen LogP contribution in [0, 0.1) is 35.0 Å². The van der Waals surface area contributed by atoms with Crippen molar-refractivity contribution in [3.8, 4) is 11.5 Å². The Morgan fingerprint density at radius 2 is 1.96 bits per heavy atom. The minimum Gasteiger partial charge on any atom is -0.497 e. The lowest BCUT2D eigenvalue weighted by molar-refractivity contribution is -0.272. The van der Waals surface area contributed by atoms with E-state index in [0.29, 0.717) is 59.2 Å². The quantitative estimate of drug-likeness (QED) is 0.299. The number of nitrogens with one attached hydrogen (secondary N) is 2. The van der Waals surface area contributed by atoms with Crippen molar-refractivity contribution in [2.45, 2.75) is 103 Å². The monoisotopic (exact) mass is 626 g/mol. The molecule has 3 aromatic rings. The van der Waals surface area contributed by atoms with E-state index >= 15 is 0 Å². The van der Waals surface area contributed by atoms with Gasteiger partial charge in [0.05, 0.1) is 19.8 Å². The normalized spacial score (nSPS) is 36.8. The van der Waals surface area contributed by atoms with Gasteiger partial charge in [0.15, 0.2) is 5.79 Å². The van der Waals surface area contributed by atoms with Crippen LogP contribution in [0.4, 0.5) is 4.79 Å². The maximum Gasteiger partial charge on any atom is 0.412 e. The summed E-state index contributed by atoms with van der Waals surface area (Å²) in [5.74, 6) is 4.73. The van der Waals surface area contributed by atoms with Gasteiger partial charge in [-0.05, 0) is 134 Å². The van der Waals surface area contributed by atoms with E-state index in [1.807, 2.05) is 37.4 Å². The van der Waals surface area contributed by atoms with Crippen LogP contribution in [0.3, 0.4) is 0 Å². The summed E-state index contributed by atoms with van der Waals surface area (Å²) in [6.45, 7) is 10.1. The standard InChI is InChI=1S/C39H50N2O5/c1-22-12-15-39(44-21-22)24(3)36-35(46-39)19-33-31-9-6-25-17-28(7-10-29(25)30(31)13-14-38(33,36)4)45-37(42)41-23(2)16-26-20-40-34-11-8-27(43-5)18-32(26)34/h7-8,10-11,17-18,20,22-24,30-31,33,35-36,40H,6,9,12-16,19,21H2,1-5H3,(H,41,42)/t22-,23?,24+,30-,31-,33+,35+,36+,38+,39-/m1/s1. The predicted molar refractivity (Wildman–Crippen MR) is 178 cm³/mol. The molecule has 0 bridgehead atoms. The first-order chi connectivity index (χ1) is 22.2. The van der Waals surface area contributed by atoms with E-state index in [-0.39, 0.29) is 11.8 Å². The summed E-state index contributed by atoms with van der Waals surface area (Å²) >= 11 is 0. The van der Waals surface area contributed by atoms with Gasteiger partial charge in [0.1, 0.15) is 11.5 Å². The maximum atomic E-state index is 12.9. The number of carbonyl (C=O) groups excluding carboxylic acids is 1. The number of aryl methyl sites for hydroxylation is 1. The Kier molecular flexibility index (Phi) is 7.44. The molecule has 7 nitrogen and oxygen atoms in total. The topological polar surface area (TPSA) is 81.8 Å². The smallest absolute Gasteiger partial charge is 0.412 e. The van der Waals surface area contributed by atoms with Crippen molar-refractivity contribution in [3.05, 3.63) is 59.3 Å². The Bertz CT molecular complexity index is 1620. The molecule has 2 aromatic carbocycles. The van der Waals surface area contributed by atoms with E-state index < -0.39 is 6.09 Å². The molecule has 46 heavy (non-hydrogen) atoms. The van der Waals surface area contributed by atoms with E-state index in [2.05, 4.69) is 43.2 Å². The summed E-state index contributed by atoms with van der Waals surface area (Å²) in [6, 6.07) is 12.3.